The number of rotatable bonds is 8. The number of carbonyl (C=O) groups excluding carboxylic acids is 1. The largest absolute Gasteiger partial charge is 0.497 e. The van der Waals surface area contributed by atoms with E-state index in [1.807, 2.05) is 54.3 Å². The molecule has 30 heavy (non-hydrogen) atoms. The number of aromatic nitrogens is 2. The Morgan fingerprint density at radius 2 is 1.93 bits per heavy atom. The SMILES string of the molecule is C=C(c1nonc1NC(=O)CC)N(Cc1cc(OC)ccc1C)c1ccccc1C. The molecule has 0 aliphatic heterocycles. The highest BCUT2D eigenvalue weighted by atomic mass is 16.6. The molecule has 3 rings (SSSR count). The molecule has 0 fully saturated rings. The molecule has 0 saturated carbocycles. The van der Waals surface area contributed by atoms with Crippen molar-refractivity contribution in [3.05, 3.63) is 71.4 Å². The van der Waals surface area contributed by atoms with Crippen LogP contribution >= 0.6 is 0 Å². The van der Waals surface area contributed by atoms with E-state index in [9.17, 15) is 4.79 Å². The fourth-order valence-corrected chi connectivity index (χ4v) is 3.12. The van der Waals surface area contributed by atoms with Crippen molar-refractivity contribution in [1.82, 2.24) is 10.3 Å². The zero-order chi connectivity index (χ0) is 21.7. The minimum Gasteiger partial charge on any atom is -0.497 e. The minimum atomic E-state index is -0.175. The molecular formula is C23H26N4O3. The summed E-state index contributed by atoms with van der Waals surface area (Å²) in [6, 6.07) is 14.0. The first-order chi connectivity index (χ1) is 14.4. The van der Waals surface area contributed by atoms with Crippen molar-refractivity contribution in [3.63, 3.8) is 0 Å². The second-order valence-electron chi connectivity index (χ2n) is 6.97. The fourth-order valence-electron chi connectivity index (χ4n) is 3.12. The van der Waals surface area contributed by atoms with Crippen LogP contribution in [0.15, 0.2) is 53.7 Å². The van der Waals surface area contributed by atoms with Crippen molar-refractivity contribution in [2.45, 2.75) is 33.7 Å². The molecule has 7 heteroatoms. The van der Waals surface area contributed by atoms with Crippen LogP contribution in [0.25, 0.3) is 5.70 Å². The maximum absolute atomic E-state index is 11.9. The van der Waals surface area contributed by atoms with Crippen LogP contribution < -0.4 is 15.0 Å². The summed E-state index contributed by atoms with van der Waals surface area (Å²) in [6.45, 7) is 10.6. The summed E-state index contributed by atoms with van der Waals surface area (Å²) in [5.41, 5.74) is 5.21. The summed E-state index contributed by atoms with van der Waals surface area (Å²) < 4.78 is 10.3. The molecule has 0 atom stereocenters. The van der Waals surface area contributed by atoms with Gasteiger partial charge in [-0.15, -0.1) is 0 Å². The number of benzene rings is 2. The summed E-state index contributed by atoms with van der Waals surface area (Å²) in [5, 5.41) is 10.6. The highest BCUT2D eigenvalue weighted by molar-refractivity contribution is 5.93. The lowest BCUT2D eigenvalue weighted by Crippen LogP contribution is -2.23. The molecule has 1 amide bonds. The molecule has 1 N–H and O–H groups in total. The van der Waals surface area contributed by atoms with E-state index in [0.29, 0.717) is 24.4 Å². The van der Waals surface area contributed by atoms with Gasteiger partial charge in [-0.25, -0.2) is 4.63 Å². The van der Waals surface area contributed by atoms with Gasteiger partial charge in [0.15, 0.2) is 5.69 Å². The highest BCUT2D eigenvalue weighted by Gasteiger charge is 2.23. The first kappa shape index (κ1) is 21.1. The molecule has 0 unspecified atom stereocenters. The zero-order valence-corrected chi connectivity index (χ0v) is 17.7. The minimum absolute atomic E-state index is 0.175. The van der Waals surface area contributed by atoms with Crippen LogP contribution in [0.4, 0.5) is 11.5 Å². The number of carbonyl (C=O) groups is 1. The number of methoxy groups -OCH3 is 1. The van der Waals surface area contributed by atoms with Gasteiger partial charge in [0.05, 0.1) is 12.8 Å². The van der Waals surface area contributed by atoms with Crippen LogP contribution in [0, 0.1) is 13.8 Å². The number of para-hydroxylation sites is 1. The Kier molecular flexibility index (Phi) is 6.51. The molecule has 1 aromatic heterocycles. The average Bonchev–Trinajstić information content (AvgIpc) is 3.21. The summed E-state index contributed by atoms with van der Waals surface area (Å²) >= 11 is 0. The third-order valence-corrected chi connectivity index (χ3v) is 4.96. The van der Waals surface area contributed by atoms with E-state index >= 15 is 0 Å². The number of hydrogen-bond donors (Lipinski definition) is 1. The van der Waals surface area contributed by atoms with Crippen molar-refractivity contribution < 1.29 is 14.2 Å². The van der Waals surface area contributed by atoms with E-state index in [-0.39, 0.29) is 11.7 Å². The summed E-state index contributed by atoms with van der Waals surface area (Å²) in [5.74, 6) is 0.864. The maximum atomic E-state index is 11.9. The van der Waals surface area contributed by atoms with Crippen LogP contribution in [-0.4, -0.2) is 23.3 Å². The molecule has 3 aromatic rings. The van der Waals surface area contributed by atoms with Crippen molar-refractivity contribution in [3.8, 4) is 5.75 Å². The van der Waals surface area contributed by atoms with Gasteiger partial charge in [-0.05, 0) is 59.1 Å². The van der Waals surface area contributed by atoms with E-state index in [1.54, 1.807) is 14.0 Å². The third kappa shape index (κ3) is 4.51. The molecule has 7 nitrogen and oxygen atoms in total. The van der Waals surface area contributed by atoms with E-state index in [2.05, 4.69) is 29.1 Å². The normalized spacial score (nSPS) is 10.5. The number of ether oxygens (including phenoxy) is 1. The Hall–Kier alpha value is -3.61. The molecule has 0 radical (unpaired) electrons. The smallest absolute Gasteiger partial charge is 0.225 e. The molecule has 2 aromatic carbocycles. The van der Waals surface area contributed by atoms with Gasteiger partial charge in [0, 0.05) is 18.7 Å². The number of anilines is 2. The summed E-state index contributed by atoms with van der Waals surface area (Å²) in [6.07, 6.45) is 0.323. The molecule has 156 valence electrons. The topological polar surface area (TPSA) is 80.5 Å². The monoisotopic (exact) mass is 406 g/mol. The van der Waals surface area contributed by atoms with Gasteiger partial charge in [0.2, 0.25) is 11.7 Å². The number of amides is 1. The third-order valence-electron chi connectivity index (χ3n) is 4.96. The molecule has 1 heterocycles. The molecule has 0 aliphatic rings. The van der Waals surface area contributed by atoms with Crippen LogP contribution in [0.1, 0.15) is 35.7 Å². The lowest BCUT2D eigenvalue weighted by atomic mass is 10.1. The van der Waals surface area contributed by atoms with Gasteiger partial charge in [0.25, 0.3) is 0 Å². The molecular weight excluding hydrogens is 380 g/mol. The predicted molar refractivity (Wildman–Crippen MR) is 117 cm³/mol. The summed E-state index contributed by atoms with van der Waals surface area (Å²) in [4.78, 5) is 13.9. The number of aryl methyl sites for hydroxylation is 2. The maximum Gasteiger partial charge on any atom is 0.225 e. The van der Waals surface area contributed by atoms with Gasteiger partial charge in [-0.2, -0.15) is 0 Å². The Bertz CT molecular complexity index is 1060. The van der Waals surface area contributed by atoms with Crippen molar-refractivity contribution in [2.75, 3.05) is 17.3 Å². The second-order valence-corrected chi connectivity index (χ2v) is 6.97. The number of hydrogen-bond acceptors (Lipinski definition) is 6. The highest BCUT2D eigenvalue weighted by Crippen LogP contribution is 2.32. The van der Waals surface area contributed by atoms with Gasteiger partial charge < -0.3 is 15.0 Å². The van der Waals surface area contributed by atoms with E-state index in [0.717, 1.165) is 28.1 Å². The second kappa shape index (κ2) is 9.26. The van der Waals surface area contributed by atoms with E-state index < -0.39 is 0 Å². The predicted octanol–water partition coefficient (Wildman–Crippen LogP) is 4.72. The Morgan fingerprint density at radius 1 is 1.17 bits per heavy atom. The standard InChI is InChI=1S/C23H26N4O3/c1-6-21(28)24-23-22(25-30-26-23)17(4)27(20-10-8-7-9-16(20)3)14-18-13-19(29-5)12-11-15(18)2/h7-13H,4,6,14H2,1-3,5H3,(H,24,26,28). The summed E-state index contributed by atoms with van der Waals surface area (Å²) in [7, 11) is 1.65. The molecule has 0 saturated heterocycles. The van der Waals surface area contributed by atoms with Crippen molar-refractivity contribution in [1.29, 1.82) is 0 Å². The van der Waals surface area contributed by atoms with E-state index in [4.69, 9.17) is 9.37 Å². The van der Waals surface area contributed by atoms with Crippen LogP contribution in [-0.2, 0) is 11.3 Å². The van der Waals surface area contributed by atoms with Crippen LogP contribution in [0.5, 0.6) is 5.75 Å². The van der Waals surface area contributed by atoms with Crippen molar-refractivity contribution in [2.24, 2.45) is 0 Å². The van der Waals surface area contributed by atoms with Gasteiger partial charge in [0.1, 0.15) is 5.75 Å². The fraction of sp³-hybridized carbons (Fsp3) is 0.261. The van der Waals surface area contributed by atoms with Gasteiger partial charge >= 0.3 is 0 Å². The van der Waals surface area contributed by atoms with Gasteiger partial charge in [-0.3, -0.25) is 4.79 Å². The zero-order valence-electron chi connectivity index (χ0n) is 17.7. The van der Waals surface area contributed by atoms with Crippen molar-refractivity contribution >= 4 is 23.1 Å². The molecule has 0 aliphatic carbocycles. The number of nitrogens with one attached hydrogen (secondary N) is 1. The number of nitrogens with zero attached hydrogens (tertiary/aromatic N) is 3. The Balaban J connectivity index is 2.03. The van der Waals surface area contributed by atoms with Crippen LogP contribution in [0.3, 0.4) is 0 Å². The molecule has 0 bridgehead atoms. The average molecular weight is 406 g/mol. The Labute approximate surface area is 176 Å². The first-order valence-corrected chi connectivity index (χ1v) is 9.73. The lowest BCUT2D eigenvalue weighted by Gasteiger charge is -2.28. The molecule has 0 spiro atoms. The first-order valence-electron chi connectivity index (χ1n) is 9.73. The van der Waals surface area contributed by atoms with E-state index in [1.165, 1.54) is 0 Å². The van der Waals surface area contributed by atoms with Gasteiger partial charge in [-0.1, -0.05) is 37.8 Å². The quantitative estimate of drug-likeness (QED) is 0.583. The lowest BCUT2D eigenvalue weighted by molar-refractivity contribution is -0.115. The Morgan fingerprint density at radius 3 is 2.63 bits per heavy atom. The van der Waals surface area contributed by atoms with Crippen LogP contribution in [0.2, 0.25) is 0 Å².